The van der Waals surface area contributed by atoms with Crippen LogP contribution in [0.25, 0.3) is 0 Å². The third-order valence-corrected chi connectivity index (χ3v) is 2.54. The number of carbonyl (C=O) groups is 1. The molecule has 0 aliphatic heterocycles. The molecule has 19 heavy (non-hydrogen) atoms. The van der Waals surface area contributed by atoms with Gasteiger partial charge in [-0.15, -0.1) is 0 Å². The van der Waals surface area contributed by atoms with Crippen molar-refractivity contribution in [1.29, 1.82) is 0 Å². The zero-order valence-corrected chi connectivity index (χ0v) is 10.3. The van der Waals surface area contributed by atoms with Crippen LogP contribution in [-0.4, -0.2) is 17.1 Å². The van der Waals surface area contributed by atoms with Crippen LogP contribution in [0.2, 0.25) is 0 Å². The summed E-state index contributed by atoms with van der Waals surface area (Å²) in [6.07, 6.45) is -4.64. The SMILES string of the molecule is CC(C)[C@@H](Nc1ccc(C(F)(F)F)cc1F)C(=O)O. The van der Waals surface area contributed by atoms with Crippen molar-refractivity contribution in [3.05, 3.63) is 29.6 Å². The Morgan fingerprint density at radius 1 is 1.32 bits per heavy atom. The number of benzene rings is 1. The lowest BCUT2D eigenvalue weighted by Crippen LogP contribution is -2.34. The molecule has 1 aromatic carbocycles. The molecular weight excluding hydrogens is 266 g/mol. The Labute approximate surface area is 107 Å². The maximum Gasteiger partial charge on any atom is 0.416 e. The Morgan fingerprint density at radius 3 is 2.26 bits per heavy atom. The summed E-state index contributed by atoms with van der Waals surface area (Å²) in [4.78, 5) is 10.9. The second kappa shape index (κ2) is 5.46. The minimum absolute atomic E-state index is 0.269. The minimum atomic E-state index is -4.64. The molecule has 0 heterocycles. The predicted octanol–water partition coefficient (Wildman–Crippen LogP) is 3.37. The smallest absolute Gasteiger partial charge is 0.416 e. The lowest BCUT2D eigenvalue weighted by molar-refractivity contribution is -0.139. The number of halogens is 4. The predicted molar refractivity (Wildman–Crippen MR) is 61.3 cm³/mol. The lowest BCUT2D eigenvalue weighted by Gasteiger charge is -2.20. The summed E-state index contributed by atoms with van der Waals surface area (Å²) >= 11 is 0. The van der Waals surface area contributed by atoms with Gasteiger partial charge in [0.2, 0.25) is 0 Å². The standard InChI is InChI=1S/C12H13F4NO2/c1-6(2)10(11(18)19)17-9-4-3-7(5-8(9)13)12(14,15)16/h3-6,10,17H,1-2H3,(H,18,19)/t10-/m1/s1. The van der Waals surface area contributed by atoms with Gasteiger partial charge in [0.25, 0.3) is 0 Å². The van der Waals surface area contributed by atoms with E-state index in [9.17, 15) is 22.4 Å². The molecule has 0 fully saturated rings. The topological polar surface area (TPSA) is 49.3 Å². The Morgan fingerprint density at radius 2 is 1.89 bits per heavy atom. The summed E-state index contributed by atoms with van der Waals surface area (Å²) < 4.78 is 50.5. The second-order valence-corrected chi connectivity index (χ2v) is 4.40. The zero-order valence-electron chi connectivity index (χ0n) is 10.3. The van der Waals surface area contributed by atoms with Gasteiger partial charge in [-0.05, 0) is 24.1 Å². The van der Waals surface area contributed by atoms with Crippen molar-refractivity contribution >= 4 is 11.7 Å². The average Bonchev–Trinajstić information content (AvgIpc) is 2.24. The van der Waals surface area contributed by atoms with Gasteiger partial charge in [-0.2, -0.15) is 13.2 Å². The van der Waals surface area contributed by atoms with Crippen molar-refractivity contribution in [2.45, 2.75) is 26.1 Å². The summed E-state index contributed by atoms with van der Waals surface area (Å²) in [6.45, 7) is 3.21. The van der Waals surface area contributed by atoms with E-state index >= 15 is 0 Å². The van der Waals surface area contributed by atoms with E-state index in [-0.39, 0.29) is 11.6 Å². The van der Waals surface area contributed by atoms with Crippen molar-refractivity contribution in [3.63, 3.8) is 0 Å². The Hall–Kier alpha value is -1.79. The summed E-state index contributed by atoms with van der Waals surface area (Å²) in [7, 11) is 0. The van der Waals surface area contributed by atoms with Crippen LogP contribution in [0.3, 0.4) is 0 Å². The van der Waals surface area contributed by atoms with Crippen LogP contribution in [0.15, 0.2) is 18.2 Å². The maximum atomic E-state index is 13.5. The third-order valence-electron chi connectivity index (χ3n) is 2.54. The molecule has 7 heteroatoms. The summed E-state index contributed by atoms with van der Waals surface area (Å²) in [5, 5.41) is 11.3. The number of rotatable bonds is 4. The zero-order chi connectivity index (χ0) is 14.8. The number of hydrogen-bond acceptors (Lipinski definition) is 2. The van der Waals surface area contributed by atoms with Crippen LogP contribution in [-0.2, 0) is 11.0 Å². The second-order valence-electron chi connectivity index (χ2n) is 4.40. The summed E-state index contributed by atoms with van der Waals surface area (Å²) in [5.74, 6) is -2.68. The van der Waals surface area contributed by atoms with Crippen molar-refractivity contribution in [2.24, 2.45) is 5.92 Å². The average molecular weight is 279 g/mol. The van der Waals surface area contributed by atoms with E-state index in [4.69, 9.17) is 5.11 Å². The first-order valence-electron chi connectivity index (χ1n) is 5.49. The fourth-order valence-corrected chi connectivity index (χ4v) is 1.49. The molecule has 0 aliphatic rings. The van der Waals surface area contributed by atoms with Gasteiger partial charge < -0.3 is 10.4 Å². The van der Waals surface area contributed by atoms with E-state index in [1.165, 1.54) is 0 Å². The van der Waals surface area contributed by atoms with Gasteiger partial charge in [0, 0.05) is 0 Å². The first-order valence-corrected chi connectivity index (χ1v) is 5.49. The highest BCUT2D eigenvalue weighted by molar-refractivity contribution is 5.77. The number of hydrogen-bond donors (Lipinski definition) is 2. The van der Waals surface area contributed by atoms with Gasteiger partial charge in [-0.3, -0.25) is 0 Å². The maximum absolute atomic E-state index is 13.5. The van der Waals surface area contributed by atoms with Crippen LogP contribution >= 0.6 is 0 Å². The van der Waals surface area contributed by atoms with Gasteiger partial charge in [-0.25, -0.2) is 9.18 Å². The highest BCUT2D eigenvalue weighted by atomic mass is 19.4. The number of aliphatic carboxylic acids is 1. The van der Waals surface area contributed by atoms with Crippen LogP contribution < -0.4 is 5.32 Å². The quantitative estimate of drug-likeness (QED) is 0.831. The van der Waals surface area contributed by atoms with E-state index in [1.807, 2.05) is 0 Å². The van der Waals surface area contributed by atoms with Crippen molar-refractivity contribution in [1.82, 2.24) is 0 Å². The van der Waals surface area contributed by atoms with Crippen molar-refractivity contribution in [2.75, 3.05) is 5.32 Å². The fraction of sp³-hybridized carbons (Fsp3) is 0.417. The normalized spacial score (nSPS) is 13.4. The largest absolute Gasteiger partial charge is 0.480 e. The molecule has 2 N–H and O–H groups in total. The Kier molecular flexibility index (Phi) is 4.39. The Balaban J connectivity index is 3.00. The van der Waals surface area contributed by atoms with Gasteiger partial charge in [0.05, 0.1) is 11.3 Å². The molecule has 0 saturated heterocycles. The summed E-state index contributed by atoms with van der Waals surface area (Å²) in [6, 6.07) is 0.842. The molecule has 3 nitrogen and oxygen atoms in total. The van der Waals surface area contributed by atoms with Crippen LogP contribution in [0.4, 0.5) is 23.2 Å². The van der Waals surface area contributed by atoms with Gasteiger partial charge in [0.15, 0.2) is 0 Å². The van der Waals surface area contributed by atoms with E-state index in [1.54, 1.807) is 13.8 Å². The fourth-order valence-electron chi connectivity index (χ4n) is 1.49. The number of nitrogens with one attached hydrogen (secondary N) is 1. The summed E-state index contributed by atoms with van der Waals surface area (Å²) in [5.41, 5.74) is -1.39. The molecule has 1 rings (SSSR count). The van der Waals surface area contributed by atoms with E-state index < -0.39 is 29.6 Å². The van der Waals surface area contributed by atoms with Gasteiger partial charge >= 0.3 is 12.1 Å². The van der Waals surface area contributed by atoms with E-state index in [2.05, 4.69) is 5.32 Å². The molecule has 0 aliphatic carbocycles. The molecule has 1 aromatic rings. The molecule has 0 aromatic heterocycles. The number of carboxylic acids is 1. The monoisotopic (exact) mass is 279 g/mol. The van der Waals surface area contributed by atoms with Gasteiger partial charge in [-0.1, -0.05) is 13.8 Å². The molecule has 106 valence electrons. The highest BCUT2D eigenvalue weighted by Gasteiger charge is 2.31. The lowest BCUT2D eigenvalue weighted by atomic mass is 10.0. The number of alkyl halides is 3. The van der Waals surface area contributed by atoms with Crippen LogP contribution in [0.5, 0.6) is 0 Å². The number of carboxylic acid groups (broad SMARTS) is 1. The first kappa shape index (κ1) is 15.3. The van der Waals surface area contributed by atoms with E-state index in [0.29, 0.717) is 12.1 Å². The van der Waals surface area contributed by atoms with Crippen LogP contribution in [0.1, 0.15) is 19.4 Å². The third kappa shape index (κ3) is 3.84. The highest BCUT2D eigenvalue weighted by Crippen LogP contribution is 2.31. The molecule has 1 atom stereocenters. The minimum Gasteiger partial charge on any atom is -0.480 e. The molecule has 0 amide bonds. The molecule has 0 spiro atoms. The first-order chi connectivity index (χ1) is 8.62. The molecule has 0 bridgehead atoms. The van der Waals surface area contributed by atoms with E-state index in [0.717, 1.165) is 6.07 Å². The van der Waals surface area contributed by atoms with Gasteiger partial charge in [0.1, 0.15) is 11.9 Å². The van der Waals surface area contributed by atoms with Crippen molar-refractivity contribution in [3.8, 4) is 0 Å². The van der Waals surface area contributed by atoms with Crippen molar-refractivity contribution < 1.29 is 27.5 Å². The van der Waals surface area contributed by atoms with Crippen LogP contribution in [0, 0.1) is 11.7 Å². The molecule has 0 unspecified atom stereocenters. The Bertz CT molecular complexity index is 471. The number of anilines is 1. The molecule has 0 saturated carbocycles. The molecule has 0 radical (unpaired) electrons. The molecular formula is C12H13F4NO2.